The van der Waals surface area contributed by atoms with Crippen molar-refractivity contribution in [1.29, 1.82) is 0 Å². The molecular formula is C42H32ClNO. The Morgan fingerprint density at radius 1 is 0.489 bits per heavy atom. The predicted molar refractivity (Wildman–Crippen MR) is 189 cm³/mol. The summed E-state index contributed by atoms with van der Waals surface area (Å²) in [6, 6.07) is 43.9. The van der Waals surface area contributed by atoms with Gasteiger partial charge >= 0.3 is 0 Å². The van der Waals surface area contributed by atoms with Crippen LogP contribution < -0.4 is 4.90 Å². The van der Waals surface area contributed by atoms with Crippen LogP contribution in [0.25, 0.3) is 44.2 Å². The Morgan fingerprint density at radius 2 is 1.07 bits per heavy atom. The number of fused-ring (bicyclic) bond motifs is 9. The number of benzene rings is 6. The van der Waals surface area contributed by atoms with Crippen molar-refractivity contribution in [2.75, 3.05) is 4.90 Å². The molecule has 9 rings (SSSR count). The van der Waals surface area contributed by atoms with Crippen molar-refractivity contribution in [3.8, 4) is 22.3 Å². The molecule has 0 saturated carbocycles. The van der Waals surface area contributed by atoms with E-state index >= 15 is 0 Å². The summed E-state index contributed by atoms with van der Waals surface area (Å²) in [6.45, 7) is 9.34. The summed E-state index contributed by atoms with van der Waals surface area (Å²) in [7, 11) is 0. The van der Waals surface area contributed by atoms with Crippen molar-refractivity contribution in [3.63, 3.8) is 0 Å². The molecule has 0 amide bonds. The van der Waals surface area contributed by atoms with E-state index in [2.05, 4.69) is 136 Å². The van der Waals surface area contributed by atoms with Crippen LogP contribution in [0.1, 0.15) is 49.9 Å². The SMILES string of the molecule is CC1(C)c2ccccc2-c2cc(N(c3ccc4c(c3)C(C)(C)c3ccccc3-4)c3ccc4oc5cccc(Cl)c5c4c3)ccc21. The summed E-state index contributed by atoms with van der Waals surface area (Å²) in [6.07, 6.45) is 0. The van der Waals surface area contributed by atoms with Gasteiger partial charge in [-0.3, -0.25) is 0 Å². The van der Waals surface area contributed by atoms with Gasteiger partial charge in [0.2, 0.25) is 0 Å². The van der Waals surface area contributed by atoms with Crippen LogP contribution >= 0.6 is 11.6 Å². The molecule has 0 fully saturated rings. The van der Waals surface area contributed by atoms with E-state index in [1.165, 1.54) is 44.5 Å². The molecule has 0 bridgehead atoms. The van der Waals surface area contributed by atoms with Gasteiger partial charge in [0, 0.05) is 38.7 Å². The second-order valence-electron chi connectivity index (χ2n) is 13.5. The van der Waals surface area contributed by atoms with Gasteiger partial charge in [0.05, 0.1) is 5.02 Å². The number of halogens is 1. The van der Waals surface area contributed by atoms with Crippen LogP contribution in [0, 0.1) is 0 Å². The number of hydrogen-bond donors (Lipinski definition) is 0. The molecule has 0 saturated heterocycles. The summed E-state index contributed by atoms with van der Waals surface area (Å²) >= 11 is 6.75. The molecule has 45 heavy (non-hydrogen) atoms. The highest BCUT2D eigenvalue weighted by Gasteiger charge is 2.37. The molecule has 1 aromatic heterocycles. The average Bonchev–Trinajstić information content (AvgIpc) is 3.62. The Balaban J connectivity index is 1.29. The number of furan rings is 1. The van der Waals surface area contributed by atoms with Crippen LogP contribution in [0.5, 0.6) is 0 Å². The van der Waals surface area contributed by atoms with E-state index in [-0.39, 0.29) is 10.8 Å². The molecule has 218 valence electrons. The van der Waals surface area contributed by atoms with E-state index in [0.717, 1.165) is 39.0 Å². The number of anilines is 3. The van der Waals surface area contributed by atoms with Gasteiger partial charge < -0.3 is 9.32 Å². The highest BCUT2D eigenvalue weighted by atomic mass is 35.5. The van der Waals surface area contributed by atoms with Gasteiger partial charge in [-0.2, -0.15) is 0 Å². The van der Waals surface area contributed by atoms with Gasteiger partial charge in [-0.05, 0) is 99.1 Å². The van der Waals surface area contributed by atoms with Crippen molar-refractivity contribution in [3.05, 3.63) is 149 Å². The third kappa shape index (κ3) is 3.63. The lowest BCUT2D eigenvalue weighted by Gasteiger charge is -2.29. The first kappa shape index (κ1) is 26.6. The van der Waals surface area contributed by atoms with E-state index in [4.69, 9.17) is 16.0 Å². The molecule has 6 aromatic carbocycles. The molecule has 2 aliphatic carbocycles. The highest BCUT2D eigenvalue weighted by molar-refractivity contribution is 6.37. The van der Waals surface area contributed by atoms with Crippen molar-refractivity contribution in [2.24, 2.45) is 0 Å². The molecule has 3 heteroatoms. The normalized spacial score (nSPS) is 15.1. The molecule has 0 radical (unpaired) electrons. The first-order chi connectivity index (χ1) is 21.7. The fourth-order valence-electron chi connectivity index (χ4n) is 8.04. The third-order valence-electron chi connectivity index (χ3n) is 10.3. The summed E-state index contributed by atoms with van der Waals surface area (Å²) in [4.78, 5) is 2.39. The van der Waals surface area contributed by atoms with Crippen molar-refractivity contribution < 1.29 is 4.42 Å². The summed E-state index contributed by atoms with van der Waals surface area (Å²) in [5, 5.41) is 2.66. The van der Waals surface area contributed by atoms with E-state index in [1.54, 1.807) is 0 Å². The first-order valence-corrected chi connectivity index (χ1v) is 16.0. The molecule has 0 spiro atoms. The lowest BCUT2D eigenvalue weighted by Crippen LogP contribution is -2.17. The molecule has 0 unspecified atom stereocenters. The Hall–Kier alpha value is -4.79. The van der Waals surface area contributed by atoms with Crippen LogP contribution in [0.3, 0.4) is 0 Å². The predicted octanol–water partition coefficient (Wildman–Crippen LogP) is 12.3. The second kappa shape index (κ2) is 9.12. The summed E-state index contributed by atoms with van der Waals surface area (Å²) in [5.41, 5.74) is 15.5. The number of rotatable bonds is 3. The quantitative estimate of drug-likeness (QED) is 0.200. The maximum atomic E-state index is 6.75. The standard InChI is InChI=1S/C42H32ClNO/c1-41(2)34-13-8-6-11-29(34)31-22-25(17-20-35(31)41)44(26-18-21-38-32(23-26)40-37(43)14-9-15-39(40)45-38)27-16-19-30-28-10-5-7-12-33(28)42(3,4)36(30)24-27/h5-24H,1-4H3. The highest BCUT2D eigenvalue weighted by Crippen LogP contribution is 2.53. The molecule has 0 aliphatic heterocycles. The lowest BCUT2D eigenvalue weighted by atomic mass is 9.82. The molecule has 7 aromatic rings. The molecule has 1 heterocycles. The maximum absolute atomic E-state index is 6.75. The third-order valence-corrected chi connectivity index (χ3v) is 10.7. The Labute approximate surface area is 268 Å². The summed E-state index contributed by atoms with van der Waals surface area (Å²) < 4.78 is 6.22. The van der Waals surface area contributed by atoms with E-state index in [9.17, 15) is 0 Å². The monoisotopic (exact) mass is 601 g/mol. The Bertz CT molecular complexity index is 2360. The fraction of sp³-hybridized carbons (Fsp3) is 0.143. The second-order valence-corrected chi connectivity index (χ2v) is 13.9. The fourth-order valence-corrected chi connectivity index (χ4v) is 8.30. The zero-order chi connectivity index (χ0) is 30.7. The Morgan fingerprint density at radius 3 is 1.84 bits per heavy atom. The van der Waals surface area contributed by atoms with Crippen LogP contribution in [-0.4, -0.2) is 0 Å². The summed E-state index contributed by atoms with van der Waals surface area (Å²) in [5.74, 6) is 0. The van der Waals surface area contributed by atoms with Gasteiger partial charge in [-0.1, -0.05) is 106 Å². The topological polar surface area (TPSA) is 16.4 Å². The molecule has 0 atom stereocenters. The number of hydrogen-bond acceptors (Lipinski definition) is 2. The zero-order valence-electron chi connectivity index (χ0n) is 25.8. The van der Waals surface area contributed by atoms with Crippen LogP contribution in [0.2, 0.25) is 5.02 Å². The van der Waals surface area contributed by atoms with Crippen molar-refractivity contribution in [2.45, 2.75) is 38.5 Å². The van der Waals surface area contributed by atoms with E-state index in [0.29, 0.717) is 5.02 Å². The minimum atomic E-state index is -0.104. The van der Waals surface area contributed by atoms with Crippen LogP contribution in [-0.2, 0) is 10.8 Å². The van der Waals surface area contributed by atoms with E-state index < -0.39 is 0 Å². The van der Waals surface area contributed by atoms with Crippen molar-refractivity contribution >= 4 is 50.6 Å². The maximum Gasteiger partial charge on any atom is 0.136 e. The van der Waals surface area contributed by atoms with Gasteiger partial charge in [0.15, 0.2) is 0 Å². The van der Waals surface area contributed by atoms with Gasteiger partial charge in [0.1, 0.15) is 11.2 Å². The van der Waals surface area contributed by atoms with Gasteiger partial charge in [-0.15, -0.1) is 0 Å². The lowest BCUT2D eigenvalue weighted by molar-refractivity contribution is 0.660. The first-order valence-electron chi connectivity index (χ1n) is 15.6. The largest absolute Gasteiger partial charge is 0.456 e. The average molecular weight is 602 g/mol. The van der Waals surface area contributed by atoms with Gasteiger partial charge in [0.25, 0.3) is 0 Å². The molecule has 0 N–H and O–H groups in total. The molecular weight excluding hydrogens is 570 g/mol. The van der Waals surface area contributed by atoms with Crippen LogP contribution in [0.15, 0.2) is 126 Å². The molecule has 2 aliphatic rings. The number of nitrogens with zero attached hydrogens (tertiary/aromatic N) is 1. The smallest absolute Gasteiger partial charge is 0.136 e. The molecule has 2 nitrogen and oxygen atoms in total. The van der Waals surface area contributed by atoms with Gasteiger partial charge in [-0.25, -0.2) is 0 Å². The van der Waals surface area contributed by atoms with Crippen LogP contribution in [0.4, 0.5) is 17.1 Å². The van der Waals surface area contributed by atoms with E-state index in [1.807, 2.05) is 18.2 Å². The minimum Gasteiger partial charge on any atom is -0.456 e. The minimum absolute atomic E-state index is 0.0516. The zero-order valence-corrected chi connectivity index (χ0v) is 26.5. The Kier molecular flexibility index (Phi) is 5.39. The van der Waals surface area contributed by atoms with Crippen molar-refractivity contribution in [1.82, 2.24) is 0 Å².